The molecule has 0 bridgehead atoms. The number of sulfonamides is 1. The van der Waals surface area contributed by atoms with Gasteiger partial charge in [-0.15, -0.1) is 0 Å². The lowest BCUT2D eigenvalue weighted by molar-refractivity contribution is 0.591. The van der Waals surface area contributed by atoms with Gasteiger partial charge in [-0.05, 0) is 32.0 Å². The molecule has 2 aromatic rings. The molecule has 0 N–H and O–H groups in total. The zero-order chi connectivity index (χ0) is 15.6. The van der Waals surface area contributed by atoms with Gasteiger partial charge in [0.25, 0.3) is 10.0 Å². The summed E-state index contributed by atoms with van der Waals surface area (Å²) in [7, 11) is -2.29. The molecule has 2 rings (SSSR count). The molecule has 0 unspecified atom stereocenters. The fraction of sp³-hybridized carbons (Fsp3) is 0.286. The Hall–Kier alpha value is -2.33. The van der Waals surface area contributed by atoms with Gasteiger partial charge < -0.3 is 4.57 Å². The second-order valence-electron chi connectivity index (χ2n) is 4.55. The number of imidazole rings is 1. The van der Waals surface area contributed by atoms with Crippen LogP contribution >= 0.6 is 0 Å². The number of hydrogen-bond acceptors (Lipinski definition) is 4. The minimum Gasteiger partial charge on any atom is -0.334 e. The summed E-state index contributed by atoms with van der Waals surface area (Å²) < 4.78 is 28.1. The van der Waals surface area contributed by atoms with E-state index in [0.717, 1.165) is 4.31 Å². The van der Waals surface area contributed by atoms with E-state index in [1.165, 1.54) is 19.3 Å². The molecule has 0 amide bonds. The van der Waals surface area contributed by atoms with Gasteiger partial charge in [-0.3, -0.25) is 4.31 Å². The zero-order valence-electron chi connectivity index (χ0n) is 12.1. The molecular formula is C14H16N4O2S. The van der Waals surface area contributed by atoms with Gasteiger partial charge in [-0.25, -0.2) is 4.98 Å². The number of benzene rings is 1. The Morgan fingerprint density at radius 1 is 1.43 bits per heavy atom. The maximum absolute atomic E-state index is 12.6. The van der Waals surface area contributed by atoms with E-state index in [2.05, 4.69) is 4.98 Å². The molecule has 0 spiro atoms. The molecule has 1 aromatic heterocycles. The lowest BCUT2D eigenvalue weighted by Crippen LogP contribution is -2.26. The van der Waals surface area contributed by atoms with Crippen molar-refractivity contribution in [1.29, 1.82) is 5.26 Å². The number of nitrogens with zero attached hydrogens (tertiary/aromatic N) is 4. The first kappa shape index (κ1) is 15.1. The molecule has 0 aliphatic carbocycles. The molecule has 0 aliphatic rings. The quantitative estimate of drug-likeness (QED) is 0.864. The second-order valence-corrected chi connectivity index (χ2v) is 6.46. The fourth-order valence-corrected chi connectivity index (χ4v) is 3.15. The molecule has 6 nitrogen and oxygen atoms in total. The molecule has 110 valence electrons. The third-order valence-corrected chi connectivity index (χ3v) is 4.92. The highest BCUT2D eigenvalue weighted by Crippen LogP contribution is 2.22. The summed E-state index contributed by atoms with van der Waals surface area (Å²) in [5.74, 6) is 0.648. The van der Waals surface area contributed by atoms with E-state index in [4.69, 9.17) is 5.26 Å². The van der Waals surface area contributed by atoms with Gasteiger partial charge in [0.2, 0.25) is 0 Å². The van der Waals surface area contributed by atoms with Gasteiger partial charge in [0.1, 0.15) is 5.82 Å². The van der Waals surface area contributed by atoms with E-state index >= 15 is 0 Å². The fourth-order valence-electron chi connectivity index (χ4n) is 1.97. The summed E-state index contributed by atoms with van der Waals surface area (Å²) in [6, 6.07) is 8.44. The zero-order valence-corrected chi connectivity index (χ0v) is 12.9. The van der Waals surface area contributed by atoms with Crippen molar-refractivity contribution in [2.45, 2.75) is 25.4 Å². The van der Waals surface area contributed by atoms with Crippen LogP contribution in [-0.2, 0) is 16.6 Å². The van der Waals surface area contributed by atoms with Crippen molar-refractivity contribution in [2.75, 3.05) is 11.4 Å². The first-order chi connectivity index (χ1) is 9.90. The summed E-state index contributed by atoms with van der Waals surface area (Å²) in [6.45, 7) is 4.34. The van der Waals surface area contributed by atoms with Crippen LogP contribution in [-0.4, -0.2) is 25.0 Å². The summed E-state index contributed by atoms with van der Waals surface area (Å²) >= 11 is 0. The van der Waals surface area contributed by atoms with Gasteiger partial charge in [0, 0.05) is 19.8 Å². The molecule has 0 fully saturated rings. The van der Waals surface area contributed by atoms with Crippen LogP contribution in [0, 0.1) is 18.3 Å². The number of anilines is 1. The molecule has 0 atom stereocenters. The second kappa shape index (κ2) is 5.58. The van der Waals surface area contributed by atoms with Crippen molar-refractivity contribution in [3.8, 4) is 6.07 Å². The van der Waals surface area contributed by atoms with Crippen molar-refractivity contribution in [3.05, 3.63) is 41.9 Å². The Bertz CT molecular complexity index is 803. The van der Waals surface area contributed by atoms with E-state index in [1.807, 2.05) is 13.0 Å². The number of aryl methyl sites for hydroxylation is 2. The molecule has 0 aliphatic heterocycles. The van der Waals surface area contributed by atoms with Gasteiger partial charge in [0.05, 0.1) is 17.3 Å². The molecule has 0 radical (unpaired) electrons. The van der Waals surface area contributed by atoms with E-state index in [0.29, 0.717) is 23.6 Å². The lowest BCUT2D eigenvalue weighted by atomic mass is 10.2. The Morgan fingerprint density at radius 3 is 2.71 bits per heavy atom. The van der Waals surface area contributed by atoms with Crippen LogP contribution in [0.2, 0.25) is 0 Å². The van der Waals surface area contributed by atoms with Gasteiger partial charge in [-0.2, -0.15) is 13.7 Å². The number of hydrogen-bond donors (Lipinski definition) is 0. The number of rotatable bonds is 4. The minimum atomic E-state index is -3.74. The minimum absolute atomic E-state index is 0.00621. The molecule has 0 saturated heterocycles. The van der Waals surface area contributed by atoms with Crippen LogP contribution in [0.3, 0.4) is 0 Å². The number of nitriles is 1. The normalized spacial score (nSPS) is 11.1. The Morgan fingerprint density at radius 2 is 2.14 bits per heavy atom. The highest BCUT2D eigenvalue weighted by molar-refractivity contribution is 7.92. The van der Waals surface area contributed by atoms with E-state index in [9.17, 15) is 8.42 Å². The van der Waals surface area contributed by atoms with Gasteiger partial charge in [-0.1, -0.05) is 6.07 Å². The highest BCUT2D eigenvalue weighted by atomic mass is 32.2. The van der Waals surface area contributed by atoms with E-state index < -0.39 is 10.0 Å². The maximum atomic E-state index is 12.6. The highest BCUT2D eigenvalue weighted by Gasteiger charge is 2.25. The molecule has 0 saturated carbocycles. The monoisotopic (exact) mass is 304 g/mol. The van der Waals surface area contributed by atoms with Crippen molar-refractivity contribution in [1.82, 2.24) is 9.55 Å². The molecular weight excluding hydrogens is 288 g/mol. The SMILES string of the molecule is CCn1cc(S(=O)(=O)N(C)c2cccc(C#N)c2)nc1C. The summed E-state index contributed by atoms with van der Waals surface area (Å²) in [5, 5.41) is 8.91. The third kappa shape index (κ3) is 2.76. The Labute approximate surface area is 124 Å². The molecule has 7 heteroatoms. The van der Waals surface area contributed by atoms with Crippen molar-refractivity contribution < 1.29 is 8.42 Å². The van der Waals surface area contributed by atoms with Crippen molar-refractivity contribution >= 4 is 15.7 Å². The lowest BCUT2D eigenvalue weighted by Gasteiger charge is -2.18. The maximum Gasteiger partial charge on any atom is 0.283 e. The predicted molar refractivity (Wildman–Crippen MR) is 79.4 cm³/mol. The topological polar surface area (TPSA) is 79.0 Å². The average Bonchev–Trinajstić information content (AvgIpc) is 2.88. The summed E-state index contributed by atoms with van der Waals surface area (Å²) in [5.41, 5.74) is 0.836. The molecule has 1 aromatic carbocycles. The standard InChI is InChI=1S/C14H16N4O2S/c1-4-18-10-14(16-11(18)2)21(19,20)17(3)13-7-5-6-12(8-13)9-15/h5-8,10H,4H2,1-3H3. The predicted octanol–water partition coefficient (Wildman–Crippen LogP) is 1.91. The van der Waals surface area contributed by atoms with Crippen molar-refractivity contribution in [2.24, 2.45) is 0 Å². The molecule has 1 heterocycles. The van der Waals surface area contributed by atoms with Gasteiger partial charge in [0.15, 0.2) is 5.03 Å². The smallest absolute Gasteiger partial charge is 0.283 e. The molecule has 21 heavy (non-hydrogen) atoms. The van der Waals surface area contributed by atoms with Crippen LogP contribution in [0.25, 0.3) is 0 Å². The van der Waals surface area contributed by atoms with Crippen LogP contribution in [0.15, 0.2) is 35.5 Å². The van der Waals surface area contributed by atoms with Crippen LogP contribution in [0.5, 0.6) is 0 Å². The van der Waals surface area contributed by atoms with E-state index in [-0.39, 0.29) is 5.03 Å². The third-order valence-electron chi connectivity index (χ3n) is 3.26. The first-order valence-electron chi connectivity index (χ1n) is 6.43. The Kier molecular flexibility index (Phi) is 4.00. The first-order valence-corrected chi connectivity index (χ1v) is 7.87. The largest absolute Gasteiger partial charge is 0.334 e. The summed E-state index contributed by atoms with van der Waals surface area (Å²) in [6.07, 6.45) is 1.52. The van der Waals surface area contributed by atoms with Crippen LogP contribution in [0.1, 0.15) is 18.3 Å². The average molecular weight is 304 g/mol. The number of aromatic nitrogens is 2. The van der Waals surface area contributed by atoms with Gasteiger partial charge >= 0.3 is 0 Å². The van der Waals surface area contributed by atoms with E-state index in [1.54, 1.807) is 29.7 Å². The van der Waals surface area contributed by atoms with Crippen LogP contribution in [0.4, 0.5) is 5.69 Å². The summed E-state index contributed by atoms with van der Waals surface area (Å²) in [4.78, 5) is 4.11. The van der Waals surface area contributed by atoms with Crippen molar-refractivity contribution in [3.63, 3.8) is 0 Å². The van der Waals surface area contributed by atoms with Crippen LogP contribution < -0.4 is 4.31 Å². The Balaban J connectivity index is 2.44.